The van der Waals surface area contributed by atoms with Crippen LogP contribution in [-0.2, 0) is 9.53 Å². The number of nitrogens with one attached hydrogen (secondary N) is 1. The summed E-state index contributed by atoms with van der Waals surface area (Å²) in [7, 11) is 0. The molecule has 0 aromatic rings. The number of carbonyl (C=O) groups excluding carboxylic acids is 1. The summed E-state index contributed by atoms with van der Waals surface area (Å²) in [5, 5.41) is 2.62. The second-order valence-corrected chi connectivity index (χ2v) is 2.56. The van der Waals surface area contributed by atoms with Crippen LogP contribution in [0.25, 0.3) is 0 Å². The van der Waals surface area contributed by atoms with E-state index in [-0.39, 0.29) is 0 Å². The molecule has 1 aliphatic rings. The lowest BCUT2D eigenvalue weighted by atomic mass is 10.3. The Morgan fingerprint density at radius 1 is 1.62 bits per heavy atom. The highest BCUT2D eigenvalue weighted by molar-refractivity contribution is 5.51. The minimum absolute atomic E-state index is 0.653. The van der Waals surface area contributed by atoms with E-state index in [1.807, 2.05) is 31.2 Å². The SMILES string of the molecule is CCOC1=CC=C(NC=O)CC=C1. The second-order valence-electron chi connectivity index (χ2n) is 2.56. The number of allylic oxidation sites excluding steroid dienone is 4. The van der Waals surface area contributed by atoms with E-state index in [9.17, 15) is 4.79 Å². The van der Waals surface area contributed by atoms with Gasteiger partial charge in [-0.15, -0.1) is 0 Å². The molecule has 13 heavy (non-hydrogen) atoms. The smallest absolute Gasteiger partial charge is 0.211 e. The molecule has 0 fully saturated rings. The maximum absolute atomic E-state index is 10.2. The first kappa shape index (κ1) is 9.58. The Hall–Kier alpha value is -1.51. The van der Waals surface area contributed by atoms with Gasteiger partial charge in [0, 0.05) is 12.1 Å². The Balaban J connectivity index is 2.64. The number of carbonyl (C=O) groups is 1. The Kier molecular flexibility index (Phi) is 3.82. The van der Waals surface area contributed by atoms with Crippen molar-refractivity contribution in [3.63, 3.8) is 0 Å². The van der Waals surface area contributed by atoms with Crippen molar-refractivity contribution >= 4 is 6.41 Å². The number of rotatable bonds is 4. The van der Waals surface area contributed by atoms with E-state index in [2.05, 4.69) is 5.32 Å². The van der Waals surface area contributed by atoms with Gasteiger partial charge in [0.05, 0.1) is 6.61 Å². The zero-order valence-corrected chi connectivity index (χ0v) is 7.62. The van der Waals surface area contributed by atoms with E-state index in [4.69, 9.17) is 4.74 Å². The van der Waals surface area contributed by atoms with Gasteiger partial charge < -0.3 is 10.1 Å². The van der Waals surface area contributed by atoms with Gasteiger partial charge in [0.1, 0.15) is 5.76 Å². The summed E-state index contributed by atoms with van der Waals surface area (Å²) in [5.41, 5.74) is 0.876. The summed E-state index contributed by atoms with van der Waals surface area (Å²) in [6.07, 6.45) is 8.96. The van der Waals surface area contributed by atoms with Crippen molar-refractivity contribution in [3.8, 4) is 0 Å². The highest BCUT2D eigenvalue weighted by Gasteiger charge is 1.97. The molecule has 0 bridgehead atoms. The van der Waals surface area contributed by atoms with Gasteiger partial charge in [-0.25, -0.2) is 0 Å². The van der Waals surface area contributed by atoms with Crippen molar-refractivity contribution in [3.05, 3.63) is 35.8 Å². The molecule has 1 N–H and O–H groups in total. The number of hydrogen-bond donors (Lipinski definition) is 1. The third kappa shape index (κ3) is 3.15. The minimum atomic E-state index is 0.653. The zero-order chi connectivity index (χ0) is 9.52. The highest BCUT2D eigenvalue weighted by Crippen LogP contribution is 2.09. The summed E-state index contributed by atoms with van der Waals surface area (Å²) < 4.78 is 5.30. The van der Waals surface area contributed by atoms with Crippen LogP contribution in [0, 0.1) is 0 Å². The molecule has 1 aliphatic carbocycles. The summed E-state index contributed by atoms with van der Waals surface area (Å²) in [4.78, 5) is 10.2. The monoisotopic (exact) mass is 179 g/mol. The largest absolute Gasteiger partial charge is 0.494 e. The van der Waals surface area contributed by atoms with Crippen molar-refractivity contribution in [2.45, 2.75) is 13.3 Å². The summed E-state index contributed by atoms with van der Waals surface area (Å²) in [6, 6.07) is 0. The molecule has 0 atom stereocenters. The zero-order valence-electron chi connectivity index (χ0n) is 7.62. The highest BCUT2D eigenvalue weighted by atomic mass is 16.5. The molecule has 0 aromatic heterocycles. The lowest BCUT2D eigenvalue weighted by Crippen LogP contribution is -2.08. The number of amides is 1. The summed E-state index contributed by atoms with van der Waals surface area (Å²) in [5.74, 6) is 0.824. The van der Waals surface area contributed by atoms with Crippen LogP contribution in [-0.4, -0.2) is 13.0 Å². The van der Waals surface area contributed by atoms with Crippen LogP contribution in [0.5, 0.6) is 0 Å². The molecule has 0 spiro atoms. The van der Waals surface area contributed by atoms with E-state index in [0.717, 1.165) is 17.9 Å². The molecule has 0 aromatic carbocycles. The van der Waals surface area contributed by atoms with Crippen LogP contribution in [0.2, 0.25) is 0 Å². The summed E-state index contributed by atoms with van der Waals surface area (Å²) in [6.45, 7) is 2.59. The average molecular weight is 179 g/mol. The molecule has 3 nitrogen and oxygen atoms in total. The third-order valence-corrected chi connectivity index (χ3v) is 1.62. The molecule has 1 amide bonds. The first-order chi connectivity index (χ1) is 6.36. The molecular formula is C10H13NO2. The molecule has 0 radical (unpaired) electrons. The predicted molar refractivity (Wildman–Crippen MR) is 50.7 cm³/mol. The van der Waals surface area contributed by atoms with Gasteiger partial charge in [0.25, 0.3) is 0 Å². The van der Waals surface area contributed by atoms with Crippen molar-refractivity contribution in [1.82, 2.24) is 5.32 Å². The van der Waals surface area contributed by atoms with Gasteiger partial charge in [-0.1, -0.05) is 6.08 Å². The molecule has 70 valence electrons. The molecule has 1 rings (SSSR count). The van der Waals surface area contributed by atoms with Crippen LogP contribution in [0.1, 0.15) is 13.3 Å². The predicted octanol–water partition coefficient (Wildman–Crippen LogP) is 1.50. The van der Waals surface area contributed by atoms with Gasteiger partial charge in [-0.2, -0.15) is 0 Å². The Bertz CT molecular complexity index is 264. The van der Waals surface area contributed by atoms with Crippen molar-refractivity contribution in [2.24, 2.45) is 0 Å². The lowest BCUT2D eigenvalue weighted by Gasteiger charge is -2.00. The van der Waals surface area contributed by atoms with Crippen LogP contribution >= 0.6 is 0 Å². The fourth-order valence-corrected chi connectivity index (χ4v) is 1.05. The standard InChI is InChI=1S/C10H13NO2/c1-2-13-10-5-3-4-9(6-7-10)11-8-12/h3,5-8H,2,4H2,1H3,(H,11,12). The topological polar surface area (TPSA) is 38.3 Å². The Labute approximate surface area is 77.8 Å². The lowest BCUT2D eigenvalue weighted by molar-refractivity contribution is -0.108. The van der Waals surface area contributed by atoms with Gasteiger partial charge in [0.15, 0.2) is 0 Å². The number of hydrogen-bond acceptors (Lipinski definition) is 2. The first-order valence-electron chi connectivity index (χ1n) is 4.27. The van der Waals surface area contributed by atoms with Crippen LogP contribution < -0.4 is 5.32 Å². The number of ether oxygens (including phenoxy) is 1. The molecule has 0 saturated carbocycles. The van der Waals surface area contributed by atoms with E-state index < -0.39 is 0 Å². The van der Waals surface area contributed by atoms with E-state index >= 15 is 0 Å². The molecule has 0 heterocycles. The first-order valence-corrected chi connectivity index (χ1v) is 4.27. The van der Waals surface area contributed by atoms with Crippen molar-refractivity contribution in [2.75, 3.05) is 6.61 Å². The third-order valence-electron chi connectivity index (χ3n) is 1.62. The van der Waals surface area contributed by atoms with Gasteiger partial charge in [0.2, 0.25) is 6.41 Å². The van der Waals surface area contributed by atoms with Crippen LogP contribution in [0.3, 0.4) is 0 Å². The molecule has 0 unspecified atom stereocenters. The van der Waals surface area contributed by atoms with E-state index in [1.165, 1.54) is 0 Å². The Morgan fingerprint density at radius 2 is 2.46 bits per heavy atom. The van der Waals surface area contributed by atoms with E-state index in [0.29, 0.717) is 13.0 Å². The maximum Gasteiger partial charge on any atom is 0.211 e. The van der Waals surface area contributed by atoms with Crippen molar-refractivity contribution < 1.29 is 9.53 Å². The van der Waals surface area contributed by atoms with Gasteiger partial charge >= 0.3 is 0 Å². The maximum atomic E-state index is 10.2. The molecule has 3 heteroatoms. The second kappa shape index (κ2) is 5.19. The van der Waals surface area contributed by atoms with Crippen LogP contribution in [0.4, 0.5) is 0 Å². The minimum Gasteiger partial charge on any atom is -0.494 e. The van der Waals surface area contributed by atoms with E-state index in [1.54, 1.807) is 0 Å². The fraction of sp³-hybridized carbons (Fsp3) is 0.300. The normalized spacial score (nSPS) is 15.5. The fourth-order valence-electron chi connectivity index (χ4n) is 1.05. The van der Waals surface area contributed by atoms with Gasteiger partial charge in [-0.05, 0) is 25.2 Å². The quantitative estimate of drug-likeness (QED) is 0.664. The summed E-state index contributed by atoms with van der Waals surface area (Å²) >= 11 is 0. The molecule has 0 aliphatic heterocycles. The molecular weight excluding hydrogens is 166 g/mol. The van der Waals surface area contributed by atoms with Crippen molar-refractivity contribution in [1.29, 1.82) is 0 Å². The average Bonchev–Trinajstić information content (AvgIpc) is 2.33. The molecule has 0 saturated heterocycles. The van der Waals surface area contributed by atoms with Crippen LogP contribution in [0.15, 0.2) is 35.8 Å². The van der Waals surface area contributed by atoms with Gasteiger partial charge in [-0.3, -0.25) is 4.79 Å². The Morgan fingerprint density at radius 3 is 3.15 bits per heavy atom.